The van der Waals surface area contributed by atoms with Crippen molar-refractivity contribution >= 4 is 43.7 Å². The standard InChI is InChI=1S/C35H31N3O/c1-20(2)25-12-8-13-26(21(3)4)33(25)38-31-16-22(5)36-19-30(31)37-35(38)28-15-9-14-27-29-17-23-10-6-7-11-24(23)18-32(29)39-34(27)28/h6-21H,1-5H3. The van der Waals surface area contributed by atoms with Gasteiger partial charge in [-0.1, -0.05) is 82.3 Å². The topological polar surface area (TPSA) is 43.9 Å². The van der Waals surface area contributed by atoms with Crippen LogP contribution in [-0.2, 0) is 0 Å². The Kier molecular flexibility index (Phi) is 5.34. The predicted octanol–water partition coefficient (Wildman–Crippen LogP) is 9.70. The van der Waals surface area contributed by atoms with E-state index in [2.05, 4.69) is 116 Å². The molecular weight excluding hydrogens is 478 g/mol. The van der Waals surface area contributed by atoms with E-state index < -0.39 is 0 Å². The molecule has 0 unspecified atom stereocenters. The van der Waals surface area contributed by atoms with Crippen LogP contribution in [0.2, 0.25) is 0 Å². The molecule has 0 spiro atoms. The number of aryl methyl sites for hydroxylation is 1. The molecule has 3 aromatic heterocycles. The van der Waals surface area contributed by atoms with E-state index in [1.165, 1.54) is 27.6 Å². The predicted molar refractivity (Wildman–Crippen MR) is 162 cm³/mol. The summed E-state index contributed by atoms with van der Waals surface area (Å²) < 4.78 is 9.00. The van der Waals surface area contributed by atoms with Gasteiger partial charge in [-0.25, -0.2) is 4.98 Å². The van der Waals surface area contributed by atoms with Gasteiger partial charge in [-0.15, -0.1) is 0 Å². The minimum atomic E-state index is 0.348. The van der Waals surface area contributed by atoms with Gasteiger partial charge < -0.3 is 4.42 Å². The molecule has 3 heterocycles. The molecule has 7 aromatic rings. The first-order valence-corrected chi connectivity index (χ1v) is 13.7. The van der Waals surface area contributed by atoms with Gasteiger partial charge in [0.25, 0.3) is 0 Å². The number of fused-ring (bicyclic) bond motifs is 5. The lowest BCUT2D eigenvalue weighted by Gasteiger charge is -2.22. The van der Waals surface area contributed by atoms with Crippen LogP contribution in [0, 0.1) is 6.92 Å². The van der Waals surface area contributed by atoms with E-state index in [-0.39, 0.29) is 0 Å². The lowest BCUT2D eigenvalue weighted by Crippen LogP contribution is -2.08. The lowest BCUT2D eigenvalue weighted by atomic mass is 9.92. The van der Waals surface area contributed by atoms with Crippen molar-refractivity contribution in [3.8, 4) is 17.1 Å². The van der Waals surface area contributed by atoms with Crippen molar-refractivity contribution in [2.24, 2.45) is 0 Å². The molecular formula is C35H31N3O. The zero-order valence-corrected chi connectivity index (χ0v) is 23.0. The fourth-order valence-electron chi connectivity index (χ4n) is 5.92. The van der Waals surface area contributed by atoms with Gasteiger partial charge in [-0.3, -0.25) is 9.55 Å². The van der Waals surface area contributed by atoms with Gasteiger partial charge in [0.1, 0.15) is 22.5 Å². The molecule has 0 amide bonds. The Morgan fingerprint density at radius 3 is 2.15 bits per heavy atom. The molecule has 0 saturated heterocycles. The van der Waals surface area contributed by atoms with Crippen LogP contribution in [0.5, 0.6) is 0 Å². The molecule has 4 nitrogen and oxygen atoms in total. The Morgan fingerprint density at radius 2 is 1.44 bits per heavy atom. The molecule has 0 radical (unpaired) electrons. The highest BCUT2D eigenvalue weighted by atomic mass is 16.3. The van der Waals surface area contributed by atoms with Gasteiger partial charge in [0.2, 0.25) is 0 Å². The van der Waals surface area contributed by atoms with Gasteiger partial charge in [-0.05, 0) is 64.9 Å². The fourth-order valence-corrected chi connectivity index (χ4v) is 5.92. The summed E-state index contributed by atoms with van der Waals surface area (Å²) in [4.78, 5) is 9.81. The Labute approximate surface area is 227 Å². The Bertz CT molecular complexity index is 2010. The molecule has 0 aliphatic rings. The minimum absolute atomic E-state index is 0.348. The van der Waals surface area contributed by atoms with Crippen LogP contribution in [0.25, 0.3) is 60.8 Å². The normalized spacial score (nSPS) is 12.2. The van der Waals surface area contributed by atoms with Crippen molar-refractivity contribution in [3.05, 3.63) is 102 Å². The van der Waals surface area contributed by atoms with Gasteiger partial charge in [0.15, 0.2) is 0 Å². The van der Waals surface area contributed by atoms with Crippen LogP contribution in [0.3, 0.4) is 0 Å². The number of pyridine rings is 1. The third kappa shape index (κ3) is 3.66. The molecule has 0 aliphatic carbocycles. The highest BCUT2D eigenvalue weighted by Gasteiger charge is 2.24. The first-order chi connectivity index (χ1) is 18.9. The summed E-state index contributed by atoms with van der Waals surface area (Å²) in [6, 6.07) is 28.1. The van der Waals surface area contributed by atoms with Crippen molar-refractivity contribution < 1.29 is 4.42 Å². The van der Waals surface area contributed by atoms with Crippen molar-refractivity contribution in [2.45, 2.75) is 46.5 Å². The number of nitrogens with zero attached hydrogens (tertiary/aromatic N) is 3. The number of imidazole rings is 1. The summed E-state index contributed by atoms with van der Waals surface area (Å²) in [6.45, 7) is 11.1. The molecule has 4 aromatic carbocycles. The number of benzene rings is 4. The Balaban J connectivity index is 1.61. The molecule has 0 fully saturated rings. The number of rotatable bonds is 4. The summed E-state index contributed by atoms with van der Waals surface area (Å²) in [6.07, 6.45) is 1.89. The maximum Gasteiger partial charge on any atom is 0.149 e. The smallest absolute Gasteiger partial charge is 0.149 e. The summed E-state index contributed by atoms with van der Waals surface area (Å²) in [5.41, 5.74) is 9.46. The molecule has 4 heteroatoms. The Hall–Kier alpha value is -4.44. The maximum atomic E-state index is 6.64. The van der Waals surface area contributed by atoms with Crippen LogP contribution in [0.1, 0.15) is 56.4 Å². The summed E-state index contributed by atoms with van der Waals surface area (Å²) in [5.74, 6) is 1.57. The minimum Gasteiger partial charge on any atom is -0.455 e. The zero-order chi connectivity index (χ0) is 26.8. The number of aromatic nitrogens is 3. The number of para-hydroxylation sites is 2. The van der Waals surface area contributed by atoms with Crippen LogP contribution in [-0.4, -0.2) is 14.5 Å². The van der Waals surface area contributed by atoms with Crippen molar-refractivity contribution in [3.63, 3.8) is 0 Å². The largest absolute Gasteiger partial charge is 0.455 e. The van der Waals surface area contributed by atoms with E-state index in [1.54, 1.807) is 0 Å². The van der Waals surface area contributed by atoms with Gasteiger partial charge in [-0.2, -0.15) is 0 Å². The second-order valence-electron chi connectivity index (χ2n) is 11.2. The molecule has 39 heavy (non-hydrogen) atoms. The second kappa shape index (κ2) is 8.81. The first kappa shape index (κ1) is 23.7. The van der Waals surface area contributed by atoms with E-state index in [9.17, 15) is 0 Å². The quantitative estimate of drug-likeness (QED) is 0.237. The van der Waals surface area contributed by atoms with E-state index in [0.717, 1.165) is 50.1 Å². The molecule has 0 saturated carbocycles. The number of hydrogen-bond donors (Lipinski definition) is 0. The monoisotopic (exact) mass is 509 g/mol. The second-order valence-corrected chi connectivity index (χ2v) is 11.2. The van der Waals surface area contributed by atoms with Gasteiger partial charge >= 0.3 is 0 Å². The number of furan rings is 1. The average Bonchev–Trinajstić information content (AvgIpc) is 3.48. The average molecular weight is 510 g/mol. The molecule has 0 bridgehead atoms. The lowest BCUT2D eigenvalue weighted by molar-refractivity contribution is 0.670. The van der Waals surface area contributed by atoms with Crippen LogP contribution in [0.15, 0.2) is 89.5 Å². The molecule has 7 rings (SSSR count). The molecule has 0 N–H and O–H groups in total. The van der Waals surface area contributed by atoms with E-state index in [1.807, 2.05) is 13.1 Å². The van der Waals surface area contributed by atoms with Gasteiger partial charge in [0.05, 0.1) is 23.0 Å². The van der Waals surface area contributed by atoms with Crippen LogP contribution >= 0.6 is 0 Å². The summed E-state index contributed by atoms with van der Waals surface area (Å²) in [5, 5.41) is 4.60. The molecule has 0 atom stereocenters. The van der Waals surface area contributed by atoms with Crippen molar-refractivity contribution in [2.75, 3.05) is 0 Å². The molecule has 192 valence electrons. The summed E-state index contributed by atoms with van der Waals surface area (Å²) >= 11 is 0. The van der Waals surface area contributed by atoms with Crippen molar-refractivity contribution in [1.29, 1.82) is 0 Å². The highest BCUT2D eigenvalue weighted by Crippen LogP contribution is 2.41. The SMILES string of the molecule is Cc1cc2c(cn1)nc(-c1cccc3c1oc1cc4ccccc4cc13)n2-c1c(C(C)C)cccc1C(C)C. The highest BCUT2D eigenvalue weighted by molar-refractivity contribution is 6.13. The zero-order valence-electron chi connectivity index (χ0n) is 23.0. The Morgan fingerprint density at radius 1 is 0.744 bits per heavy atom. The van der Waals surface area contributed by atoms with E-state index >= 15 is 0 Å². The molecule has 0 aliphatic heterocycles. The summed E-state index contributed by atoms with van der Waals surface area (Å²) in [7, 11) is 0. The third-order valence-corrected chi connectivity index (χ3v) is 7.85. The van der Waals surface area contributed by atoms with E-state index in [0.29, 0.717) is 11.8 Å². The first-order valence-electron chi connectivity index (χ1n) is 13.7. The maximum absolute atomic E-state index is 6.64. The fraction of sp³-hybridized carbons (Fsp3) is 0.200. The number of hydrogen-bond acceptors (Lipinski definition) is 3. The van der Waals surface area contributed by atoms with Gasteiger partial charge in [0, 0.05) is 16.5 Å². The van der Waals surface area contributed by atoms with Crippen molar-refractivity contribution in [1.82, 2.24) is 14.5 Å². The third-order valence-electron chi connectivity index (χ3n) is 7.85. The van der Waals surface area contributed by atoms with E-state index in [4.69, 9.17) is 9.40 Å². The van der Waals surface area contributed by atoms with Crippen LogP contribution in [0.4, 0.5) is 0 Å². The van der Waals surface area contributed by atoms with Crippen LogP contribution < -0.4 is 0 Å².